The van der Waals surface area contributed by atoms with Crippen LogP contribution in [-0.2, 0) is 6.54 Å². The van der Waals surface area contributed by atoms with Gasteiger partial charge in [-0.25, -0.2) is 0 Å². The summed E-state index contributed by atoms with van der Waals surface area (Å²) in [6.45, 7) is 0.707. The summed E-state index contributed by atoms with van der Waals surface area (Å²) in [5.41, 5.74) is 6.19. The Kier molecular flexibility index (Phi) is 4.97. The number of hydrogen-bond acceptors (Lipinski definition) is 2. The summed E-state index contributed by atoms with van der Waals surface area (Å²) in [4.78, 5) is 5.12. The topological polar surface area (TPSA) is 36.4 Å². The number of nitrogens with one attached hydrogen (secondary N) is 2. The van der Waals surface area contributed by atoms with Crippen LogP contribution in [-0.4, -0.2) is 11.4 Å². The fraction of sp³-hybridized carbons (Fsp3) is 0.346. The third-order valence-corrected chi connectivity index (χ3v) is 6.39. The first kappa shape index (κ1) is 18.2. The Morgan fingerprint density at radius 2 is 1.76 bits per heavy atom. The molecule has 1 saturated carbocycles. The van der Waals surface area contributed by atoms with Gasteiger partial charge in [0.1, 0.15) is 5.84 Å². The van der Waals surface area contributed by atoms with Crippen LogP contribution in [0.2, 0.25) is 0 Å². The van der Waals surface area contributed by atoms with Gasteiger partial charge in [0.15, 0.2) is 0 Å². The first-order chi connectivity index (χ1) is 14.3. The Balaban J connectivity index is 1.43. The average Bonchev–Trinajstić information content (AvgIpc) is 2.79. The van der Waals surface area contributed by atoms with Crippen molar-refractivity contribution in [1.82, 2.24) is 0 Å². The Bertz CT molecular complexity index is 977. The molecule has 2 N–H and O–H groups in total. The number of fused-ring (bicyclic) bond motifs is 1. The molecule has 0 saturated heterocycles. The molecule has 1 heterocycles. The molecule has 0 atom stereocenters. The number of rotatable bonds is 3. The first-order valence-electron chi connectivity index (χ1n) is 11.0. The van der Waals surface area contributed by atoms with Crippen molar-refractivity contribution in [2.24, 2.45) is 4.99 Å². The van der Waals surface area contributed by atoms with E-state index in [0.29, 0.717) is 6.54 Å². The zero-order chi connectivity index (χ0) is 19.5. The van der Waals surface area contributed by atoms with Gasteiger partial charge in [-0.05, 0) is 60.6 Å². The zero-order valence-electron chi connectivity index (χ0n) is 17.0. The maximum absolute atomic E-state index is 5.12. The standard InChI is InChI=1S/C26H29N3/c1-3-11-21(12-4-1)22-13-9-10-20(18-22)19-27-25-26(16-7-2-8-17-26)29-24-15-6-5-14-23(24)28-25/h3,5-6,9-15,18,29H,1-2,4,7-8,16-17,19H2,(H,27,28). The highest BCUT2D eigenvalue weighted by molar-refractivity contribution is 6.09. The van der Waals surface area contributed by atoms with Gasteiger partial charge in [-0.15, -0.1) is 0 Å². The van der Waals surface area contributed by atoms with Gasteiger partial charge in [0.2, 0.25) is 0 Å². The van der Waals surface area contributed by atoms with Gasteiger partial charge in [-0.1, -0.05) is 67.8 Å². The van der Waals surface area contributed by atoms with Gasteiger partial charge < -0.3 is 10.6 Å². The monoisotopic (exact) mass is 383 g/mol. The summed E-state index contributed by atoms with van der Waals surface area (Å²) < 4.78 is 0. The minimum absolute atomic E-state index is 0.0428. The quantitative estimate of drug-likeness (QED) is 0.630. The van der Waals surface area contributed by atoms with Crippen molar-refractivity contribution in [2.75, 3.05) is 10.6 Å². The van der Waals surface area contributed by atoms with Crippen molar-refractivity contribution in [3.63, 3.8) is 0 Å². The number of amidine groups is 1. The zero-order valence-corrected chi connectivity index (χ0v) is 17.0. The molecule has 2 aromatic carbocycles. The lowest BCUT2D eigenvalue weighted by molar-refractivity contribution is 0.403. The number of para-hydroxylation sites is 2. The van der Waals surface area contributed by atoms with Gasteiger partial charge >= 0.3 is 0 Å². The Hall–Kier alpha value is -2.81. The molecule has 0 radical (unpaired) electrons. The summed E-state index contributed by atoms with van der Waals surface area (Å²) >= 11 is 0. The number of aliphatic imine (C=N–C) groups is 1. The maximum Gasteiger partial charge on any atom is 0.127 e. The number of hydrogen-bond donors (Lipinski definition) is 2. The summed E-state index contributed by atoms with van der Waals surface area (Å²) in [6.07, 6.45) is 15.3. The molecular weight excluding hydrogens is 354 g/mol. The lowest BCUT2D eigenvalue weighted by Gasteiger charge is -2.44. The van der Waals surface area contributed by atoms with Crippen LogP contribution >= 0.6 is 0 Å². The van der Waals surface area contributed by atoms with Crippen LogP contribution in [0, 0.1) is 0 Å². The molecule has 148 valence electrons. The Morgan fingerprint density at radius 1 is 0.897 bits per heavy atom. The normalized spacial score (nSPS) is 21.2. The van der Waals surface area contributed by atoms with E-state index < -0.39 is 0 Å². The van der Waals surface area contributed by atoms with E-state index in [-0.39, 0.29) is 5.54 Å². The average molecular weight is 384 g/mol. The van der Waals surface area contributed by atoms with Crippen LogP contribution in [0.3, 0.4) is 0 Å². The van der Waals surface area contributed by atoms with Crippen molar-refractivity contribution >= 4 is 22.8 Å². The lowest BCUT2D eigenvalue weighted by Crippen LogP contribution is -2.53. The van der Waals surface area contributed by atoms with E-state index >= 15 is 0 Å². The molecule has 5 rings (SSSR count). The second-order valence-electron chi connectivity index (χ2n) is 8.44. The van der Waals surface area contributed by atoms with Crippen molar-refractivity contribution < 1.29 is 0 Å². The van der Waals surface area contributed by atoms with Gasteiger partial charge in [-0.3, -0.25) is 4.99 Å². The van der Waals surface area contributed by atoms with Crippen LogP contribution in [0.15, 0.2) is 71.8 Å². The molecule has 3 aliphatic rings. The molecule has 0 bridgehead atoms. The fourth-order valence-corrected chi connectivity index (χ4v) is 4.82. The molecule has 1 spiro atoms. The Morgan fingerprint density at radius 3 is 2.59 bits per heavy atom. The molecule has 0 amide bonds. The van der Waals surface area contributed by atoms with E-state index in [1.165, 1.54) is 41.6 Å². The molecule has 1 fully saturated rings. The molecule has 29 heavy (non-hydrogen) atoms. The van der Waals surface area contributed by atoms with Crippen LogP contribution in [0.1, 0.15) is 56.1 Å². The highest BCUT2D eigenvalue weighted by Gasteiger charge is 2.40. The molecule has 0 unspecified atom stereocenters. The fourth-order valence-electron chi connectivity index (χ4n) is 4.82. The van der Waals surface area contributed by atoms with Crippen LogP contribution < -0.4 is 10.6 Å². The van der Waals surface area contributed by atoms with Crippen molar-refractivity contribution in [2.45, 2.75) is 57.0 Å². The highest BCUT2D eigenvalue weighted by atomic mass is 15.2. The number of anilines is 2. The third-order valence-electron chi connectivity index (χ3n) is 6.39. The van der Waals surface area contributed by atoms with Gasteiger partial charge in [0.05, 0.1) is 23.5 Å². The molecule has 3 nitrogen and oxygen atoms in total. The van der Waals surface area contributed by atoms with E-state index in [2.05, 4.69) is 77.4 Å². The van der Waals surface area contributed by atoms with Crippen molar-refractivity contribution in [3.05, 3.63) is 77.9 Å². The lowest BCUT2D eigenvalue weighted by atomic mass is 9.79. The molecule has 2 aliphatic carbocycles. The molecule has 2 aromatic rings. The number of nitrogens with zero attached hydrogens (tertiary/aromatic N) is 1. The maximum atomic E-state index is 5.12. The van der Waals surface area contributed by atoms with Crippen LogP contribution in [0.5, 0.6) is 0 Å². The largest absolute Gasteiger partial charge is 0.371 e. The van der Waals surface area contributed by atoms with E-state index in [9.17, 15) is 0 Å². The van der Waals surface area contributed by atoms with Gasteiger partial charge in [0.25, 0.3) is 0 Å². The number of benzene rings is 2. The third kappa shape index (κ3) is 3.74. The Labute approximate surface area is 173 Å². The number of allylic oxidation sites excluding steroid dienone is 4. The minimum atomic E-state index is -0.0428. The summed E-state index contributed by atoms with van der Waals surface area (Å²) in [5, 5.41) is 7.52. The van der Waals surface area contributed by atoms with Gasteiger partial charge in [0, 0.05) is 0 Å². The molecular formula is C26H29N3. The minimum Gasteiger partial charge on any atom is -0.371 e. The molecule has 3 heteroatoms. The smallest absolute Gasteiger partial charge is 0.127 e. The van der Waals surface area contributed by atoms with Gasteiger partial charge in [-0.2, -0.15) is 0 Å². The van der Waals surface area contributed by atoms with E-state index in [0.717, 1.165) is 37.2 Å². The summed E-state index contributed by atoms with van der Waals surface area (Å²) in [5.74, 6) is 1.11. The van der Waals surface area contributed by atoms with E-state index in [1.54, 1.807) is 0 Å². The van der Waals surface area contributed by atoms with Crippen LogP contribution in [0.4, 0.5) is 11.4 Å². The second kappa shape index (κ2) is 7.90. The summed E-state index contributed by atoms with van der Waals surface area (Å²) in [6, 6.07) is 17.3. The first-order valence-corrected chi connectivity index (χ1v) is 11.0. The molecule has 0 aromatic heterocycles. The van der Waals surface area contributed by atoms with Crippen molar-refractivity contribution in [1.29, 1.82) is 0 Å². The van der Waals surface area contributed by atoms with E-state index in [1.807, 2.05) is 0 Å². The predicted octanol–water partition coefficient (Wildman–Crippen LogP) is 6.56. The predicted molar refractivity (Wildman–Crippen MR) is 123 cm³/mol. The second-order valence-corrected chi connectivity index (χ2v) is 8.44. The van der Waals surface area contributed by atoms with Crippen molar-refractivity contribution in [3.8, 4) is 0 Å². The highest BCUT2D eigenvalue weighted by Crippen LogP contribution is 2.39. The van der Waals surface area contributed by atoms with Crippen LogP contribution in [0.25, 0.3) is 5.57 Å². The SMILES string of the molecule is C1=CC(c2cccc(CN=C3Nc4ccccc4NC34CCCCC4)c2)=CCC1. The van der Waals surface area contributed by atoms with E-state index in [4.69, 9.17) is 4.99 Å². The molecule has 1 aliphatic heterocycles. The summed E-state index contributed by atoms with van der Waals surface area (Å²) in [7, 11) is 0.